The van der Waals surface area contributed by atoms with Gasteiger partial charge in [0.2, 0.25) is 0 Å². The maximum atomic E-state index is 12.6. The van der Waals surface area contributed by atoms with Crippen LogP contribution in [0.5, 0.6) is 0 Å². The highest BCUT2D eigenvalue weighted by atomic mass is 35.5. The van der Waals surface area contributed by atoms with Gasteiger partial charge in [-0.15, -0.1) is 11.3 Å². The van der Waals surface area contributed by atoms with Gasteiger partial charge in [-0.3, -0.25) is 4.79 Å². The molecule has 0 spiro atoms. The lowest BCUT2D eigenvalue weighted by molar-refractivity contribution is -0.143. The minimum absolute atomic E-state index is 0.299. The summed E-state index contributed by atoms with van der Waals surface area (Å²) in [5, 5.41) is 12.3. The minimum Gasteiger partial charge on any atom is -0.480 e. The first-order valence-electron chi connectivity index (χ1n) is 7.31. The van der Waals surface area contributed by atoms with Crippen molar-refractivity contribution in [3.8, 4) is 10.6 Å². The van der Waals surface area contributed by atoms with E-state index in [1.165, 1.54) is 16.2 Å². The Hall–Kier alpha value is -1.92. The zero-order valence-corrected chi connectivity index (χ0v) is 13.8. The van der Waals surface area contributed by atoms with E-state index in [0.29, 0.717) is 28.7 Å². The molecule has 0 radical (unpaired) electrons. The number of likely N-dealkylation sites (tertiary alicyclic amines) is 1. The fourth-order valence-corrected chi connectivity index (χ4v) is 3.60. The molecule has 1 saturated heterocycles. The molecule has 2 heterocycles. The molecule has 120 valence electrons. The van der Waals surface area contributed by atoms with E-state index in [1.54, 1.807) is 17.5 Å². The number of hydrogen-bond donors (Lipinski definition) is 1. The lowest BCUT2D eigenvalue weighted by Gasteiger charge is -2.32. The van der Waals surface area contributed by atoms with Gasteiger partial charge in [0.25, 0.3) is 5.91 Å². The summed E-state index contributed by atoms with van der Waals surface area (Å²) in [5.74, 6) is -1.26. The number of carboxylic acids is 1. The fourth-order valence-electron chi connectivity index (χ4n) is 2.68. The Morgan fingerprint density at radius 2 is 2.00 bits per heavy atom. The van der Waals surface area contributed by atoms with Gasteiger partial charge in [-0.1, -0.05) is 23.7 Å². The second-order valence-electron chi connectivity index (χ2n) is 5.39. The van der Waals surface area contributed by atoms with Gasteiger partial charge < -0.3 is 10.0 Å². The molecule has 2 aromatic rings. The monoisotopic (exact) mass is 350 g/mol. The van der Waals surface area contributed by atoms with Crippen LogP contribution in [-0.2, 0) is 4.79 Å². The molecular weight excluding hydrogens is 336 g/mol. The zero-order valence-electron chi connectivity index (χ0n) is 12.2. The summed E-state index contributed by atoms with van der Waals surface area (Å²) < 4.78 is 0. The van der Waals surface area contributed by atoms with Crippen LogP contribution in [0.4, 0.5) is 0 Å². The van der Waals surface area contributed by atoms with Crippen LogP contribution in [0.2, 0.25) is 5.02 Å². The third-order valence-electron chi connectivity index (χ3n) is 3.86. The lowest BCUT2D eigenvalue weighted by atomic mass is 10.0. The Kier molecular flexibility index (Phi) is 4.63. The van der Waals surface area contributed by atoms with Crippen molar-refractivity contribution in [3.63, 3.8) is 0 Å². The van der Waals surface area contributed by atoms with Gasteiger partial charge in [0, 0.05) is 22.5 Å². The van der Waals surface area contributed by atoms with E-state index in [0.717, 1.165) is 18.4 Å². The van der Waals surface area contributed by atoms with E-state index in [9.17, 15) is 14.7 Å². The van der Waals surface area contributed by atoms with Crippen LogP contribution in [0.25, 0.3) is 10.6 Å². The third-order valence-corrected chi connectivity index (χ3v) is 5.01. The van der Waals surface area contributed by atoms with Gasteiger partial charge in [-0.25, -0.2) is 9.78 Å². The first kappa shape index (κ1) is 16.0. The van der Waals surface area contributed by atoms with Gasteiger partial charge in [0.15, 0.2) is 0 Å². The van der Waals surface area contributed by atoms with E-state index < -0.39 is 12.0 Å². The SMILES string of the molecule is O=C(O)[C@H]1CCCCN1C(=O)c1csc(-c2ccc(Cl)cc2)n1. The van der Waals surface area contributed by atoms with E-state index in [4.69, 9.17) is 11.6 Å². The summed E-state index contributed by atoms with van der Waals surface area (Å²) in [6.07, 6.45) is 2.15. The van der Waals surface area contributed by atoms with Crippen LogP contribution < -0.4 is 0 Å². The number of rotatable bonds is 3. The maximum Gasteiger partial charge on any atom is 0.326 e. The second-order valence-corrected chi connectivity index (χ2v) is 6.69. The average Bonchev–Trinajstić information content (AvgIpc) is 3.04. The summed E-state index contributed by atoms with van der Waals surface area (Å²) in [6, 6.07) is 6.47. The molecule has 23 heavy (non-hydrogen) atoms. The first-order chi connectivity index (χ1) is 11.1. The van der Waals surface area contributed by atoms with Crippen molar-refractivity contribution in [1.82, 2.24) is 9.88 Å². The predicted octanol–water partition coefficient (Wildman–Crippen LogP) is 3.54. The van der Waals surface area contributed by atoms with Crippen LogP contribution in [-0.4, -0.2) is 39.5 Å². The molecule has 1 aromatic heterocycles. The number of carbonyl (C=O) groups is 2. The van der Waals surface area contributed by atoms with E-state index in [-0.39, 0.29) is 5.91 Å². The zero-order chi connectivity index (χ0) is 16.4. The summed E-state index contributed by atoms with van der Waals surface area (Å²) >= 11 is 7.23. The fraction of sp³-hybridized carbons (Fsp3) is 0.312. The number of aliphatic carboxylic acids is 1. The third kappa shape index (κ3) is 3.38. The molecule has 7 heteroatoms. The Labute approximate surface area is 142 Å². The number of benzene rings is 1. The van der Waals surface area contributed by atoms with Crippen molar-refractivity contribution in [3.05, 3.63) is 40.4 Å². The van der Waals surface area contributed by atoms with Crippen LogP contribution in [0.3, 0.4) is 0 Å². The number of hydrogen-bond acceptors (Lipinski definition) is 4. The number of amides is 1. The molecule has 1 aliphatic rings. The molecule has 5 nitrogen and oxygen atoms in total. The molecule has 1 fully saturated rings. The molecular formula is C16H15ClN2O3S. The van der Waals surface area contributed by atoms with Crippen molar-refractivity contribution in [2.45, 2.75) is 25.3 Å². The van der Waals surface area contributed by atoms with Crippen LogP contribution in [0.1, 0.15) is 29.8 Å². The Morgan fingerprint density at radius 3 is 2.70 bits per heavy atom. The summed E-state index contributed by atoms with van der Waals surface area (Å²) in [6.45, 7) is 0.462. The summed E-state index contributed by atoms with van der Waals surface area (Å²) in [7, 11) is 0. The topological polar surface area (TPSA) is 70.5 Å². The van der Waals surface area contributed by atoms with Crippen molar-refractivity contribution in [1.29, 1.82) is 0 Å². The summed E-state index contributed by atoms with van der Waals surface area (Å²) in [4.78, 5) is 29.7. The smallest absolute Gasteiger partial charge is 0.326 e. The minimum atomic E-state index is -0.953. The lowest BCUT2D eigenvalue weighted by Crippen LogP contribution is -2.48. The number of aromatic nitrogens is 1. The molecule has 1 amide bonds. The van der Waals surface area contributed by atoms with E-state index in [1.807, 2.05) is 12.1 Å². The maximum absolute atomic E-state index is 12.6. The van der Waals surface area contributed by atoms with Crippen LogP contribution in [0, 0.1) is 0 Å². The van der Waals surface area contributed by atoms with Crippen molar-refractivity contribution in [2.24, 2.45) is 0 Å². The van der Waals surface area contributed by atoms with E-state index >= 15 is 0 Å². The Balaban J connectivity index is 1.83. The summed E-state index contributed by atoms with van der Waals surface area (Å²) in [5.41, 5.74) is 1.18. The van der Waals surface area contributed by atoms with Crippen molar-refractivity contribution in [2.75, 3.05) is 6.54 Å². The van der Waals surface area contributed by atoms with Gasteiger partial charge in [0.05, 0.1) is 0 Å². The normalized spacial score (nSPS) is 18.0. The van der Waals surface area contributed by atoms with Crippen molar-refractivity contribution >= 4 is 34.8 Å². The van der Waals surface area contributed by atoms with Gasteiger partial charge >= 0.3 is 5.97 Å². The highest BCUT2D eigenvalue weighted by molar-refractivity contribution is 7.13. The van der Waals surface area contributed by atoms with Gasteiger partial charge in [0.1, 0.15) is 16.7 Å². The molecule has 1 aromatic carbocycles. The molecule has 0 bridgehead atoms. The standard InChI is InChI=1S/C16H15ClN2O3S/c17-11-6-4-10(5-7-11)14-18-12(9-23-14)15(20)19-8-2-1-3-13(19)16(21)22/h4-7,9,13H,1-3,8H2,(H,21,22)/t13-/m1/s1. The number of piperidine rings is 1. The van der Waals surface area contributed by atoms with Gasteiger partial charge in [-0.05, 0) is 31.4 Å². The number of halogens is 1. The number of thiazole rings is 1. The molecule has 1 atom stereocenters. The van der Waals surface area contributed by atoms with Crippen molar-refractivity contribution < 1.29 is 14.7 Å². The highest BCUT2D eigenvalue weighted by Crippen LogP contribution is 2.27. The molecule has 3 rings (SSSR count). The Bertz CT molecular complexity index is 729. The van der Waals surface area contributed by atoms with Crippen LogP contribution >= 0.6 is 22.9 Å². The molecule has 0 unspecified atom stereocenters. The van der Waals surface area contributed by atoms with Gasteiger partial charge in [-0.2, -0.15) is 0 Å². The first-order valence-corrected chi connectivity index (χ1v) is 8.57. The number of nitrogens with zero attached hydrogens (tertiary/aromatic N) is 2. The Morgan fingerprint density at radius 1 is 1.26 bits per heavy atom. The molecule has 1 N–H and O–H groups in total. The molecule has 0 saturated carbocycles. The van der Waals surface area contributed by atoms with Crippen LogP contribution in [0.15, 0.2) is 29.6 Å². The second kappa shape index (κ2) is 6.68. The quantitative estimate of drug-likeness (QED) is 0.919. The average molecular weight is 351 g/mol. The predicted molar refractivity (Wildman–Crippen MR) is 88.9 cm³/mol. The number of carbonyl (C=O) groups excluding carboxylic acids is 1. The molecule has 0 aliphatic carbocycles. The molecule has 1 aliphatic heterocycles. The number of carboxylic acid groups (broad SMARTS) is 1. The van der Waals surface area contributed by atoms with E-state index in [2.05, 4.69) is 4.98 Å². The highest BCUT2D eigenvalue weighted by Gasteiger charge is 2.33. The largest absolute Gasteiger partial charge is 0.480 e.